The van der Waals surface area contributed by atoms with Crippen molar-refractivity contribution in [1.29, 1.82) is 0 Å². The summed E-state index contributed by atoms with van der Waals surface area (Å²) in [6.45, 7) is 4.89. The number of halogens is 1. The van der Waals surface area contributed by atoms with E-state index >= 15 is 0 Å². The maximum Gasteiger partial charge on any atom is 0.333 e. The van der Waals surface area contributed by atoms with Gasteiger partial charge < -0.3 is 10.3 Å². The first-order valence-corrected chi connectivity index (χ1v) is 13.2. The van der Waals surface area contributed by atoms with Crippen molar-refractivity contribution < 1.29 is 13.2 Å². The first-order chi connectivity index (χ1) is 16.5. The molecule has 4 aromatic rings. The Kier molecular flexibility index (Phi) is 6.84. The van der Waals surface area contributed by atoms with Crippen LogP contribution in [0.25, 0.3) is 16.6 Å². The highest BCUT2D eigenvalue weighted by molar-refractivity contribution is 7.92. The van der Waals surface area contributed by atoms with Gasteiger partial charge in [0.25, 0.3) is 21.5 Å². The van der Waals surface area contributed by atoms with E-state index in [-0.39, 0.29) is 19.8 Å². The van der Waals surface area contributed by atoms with Crippen molar-refractivity contribution in [3.05, 3.63) is 85.3 Å². The highest BCUT2D eigenvalue weighted by Gasteiger charge is 2.21. The number of fused-ring (bicyclic) bond motifs is 1. The number of sulfonamides is 1. The summed E-state index contributed by atoms with van der Waals surface area (Å²) in [5.74, 6) is -0.431. The van der Waals surface area contributed by atoms with E-state index < -0.39 is 27.2 Å². The monoisotopic (exact) mass is 532 g/mol. The fourth-order valence-corrected chi connectivity index (χ4v) is 5.78. The number of rotatable bonds is 7. The Morgan fingerprint density at radius 1 is 1.09 bits per heavy atom. The quantitative estimate of drug-likeness (QED) is 0.333. The molecule has 0 aliphatic rings. The number of aromatic amines is 1. The maximum atomic E-state index is 13.0. The molecule has 0 spiro atoms. The summed E-state index contributed by atoms with van der Waals surface area (Å²) in [7, 11) is -4.08. The Morgan fingerprint density at radius 2 is 1.80 bits per heavy atom. The predicted octanol–water partition coefficient (Wildman–Crippen LogP) is 3.58. The normalized spacial score (nSPS) is 11.7. The molecule has 4 rings (SSSR count). The Balaban J connectivity index is 1.61. The van der Waals surface area contributed by atoms with Crippen LogP contribution in [0.2, 0.25) is 4.34 Å². The van der Waals surface area contributed by atoms with Crippen LogP contribution < -0.4 is 21.3 Å². The average Bonchev–Trinajstić information content (AvgIpc) is 3.25. The zero-order valence-corrected chi connectivity index (χ0v) is 21.1. The molecule has 0 aliphatic heterocycles. The number of H-pyrrole nitrogens is 1. The van der Waals surface area contributed by atoms with Gasteiger partial charge in [-0.2, -0.15) is 0 Å². The van der Waals surface area contributed by atoms with Crippen LogP contribution in [0.15, 0.2) is 68.4 Å². The summed E-state index contributed by atoms with van der Waals surface area (Å²) in [4.78, 5) is 40.9. The van der Waals surface area contributed by atoms with Gasteiger partial charge in [0, 0.05) is 17.8 Å². The largest absolute Gasteiger partial charge is 0.385 e. The second kappa shape index (κ2) is 9.68. The molecule has 1 amide bonds. The van der Waals surface area contributed by atoms with Gasteiger partial charge in [-0.1, -0.05) is 25.4 Å². The van der Waals surface area contributed by atoms with Crippen LogP contribution in [0.1, 0.15) is 24.2 Å². The van der Waals surface area contributed by atoms with Crippen LogP contribution in [0.5, 0.6) is 0 Å². The summed E-state index contributed by atoms with van der Waals surface area (Å²) in [6, 6.07) is 13.3. The fourth-order valence-electron chi connectivity index (χ4n) is 3.32. The SMILES string of the molecule is CC(C)CNc1ccc2c(=O)n(-c3ccc(C(=O)NS(=O)(=O)c4ccc(Cl)s4)cc3)c(=O)[nH]c2c1. The minimum Gasteiger partial charge on any atom is -0.385 e. The first kappa shape index (κ1) is 24.7. The molecule has 0 unspecified atom stereocenters. The third-order valence-electron chi connectivity index (χ3n) is 5.04. The van der Waals surface area contributed by atoms with Gasteiger partial charge in [-0.05, 0) is 60.5 Å². The highest BCUT2D eigenvalue weighted by Crippen LogP contribution is 2.25. The number of carbonyl (C=O) groups excluding carboxylic acids is 1. The summed E-state index contributed by atoms with van der Waals surface area (Å²) in [6.07, 6.45) is 0. The minimum atomic E-state index is -4.08. The molecule has 0 aliphatic carbocycles. The Morgan fingerprint density at radius 3 is 2.43 bits per heavy atom. The number of carbonyl (C=O) groups is 1. The van der Waals surface area contributed by atoms with Crippen molar-refractivity contribution in [2.24, 2.45) is 5.92 Å². The predicted molar refractivity (Wildman–Crippen MR) is 137 cm³/mol. The van der Waals surface area contributed by atoms with E-state index in [1.165, 1.54) is 36.4 Å². The molecule has 0 saturated carbocycles. The van der Waals surface area contributed by atoms with E-state index in [2.05, 4.69) is 24.1 Å². The van der Waals surface area contributed by atoms with E-state index in [4.69, 9.17) is 11.6 Å². The third kappa shape index (κ3) is 5.31. The van der Waals surface area contributed by atoms with Crippen LogP contribution in [-0.2, 0) is 10.0 Å². The number of hydrogen-bond acceptors (Lipinski definition) is 7. The fraction of sp³-hybridized carbons (Fsp3) is 0.174. The summed E-state index contributed by atoms with van der Waals surface area (Å²) < 4.78 is 27.8. The van der Waals surface area contributed by atoms with Crippen molar-refractivity contribution >= 4 is 55.5 Å². The molecule has 0 bridgehead atoms. The average molecular weight is 533 g/mol. The molecular weight excluding hydrogens is 512 g/mol. The van der Waals surface area contributed by atoms with E-state index in [0.29, 0.717) is 16.8 Å². The van der Waals surface area contributed by atoms with Gasteiger partial charge in [0.2, 0.25) is 0 Å². The Hall–Kier alpha value is -3.41. The van der Waals surface area contributed by atoms with Crippen LogP contribution in [0.4, 0.5) is 5.69 Å². The number of anilines is 1. The lowest BCUT2D eigenvalue weighted by atomic mass is 10.1. The van der Waals surface area contributed by atoms with Crippen molar-refractivity contribution in [2.75, 3.05) is 11.9 Å². The minimum absolute atomic E-state index is 0.0334. The zero-order valence-electron chi connectivity index (χ0n) is 18.7. The van der Waals surface area contributed by atoms with E-state index in [1.807, 2.05) is 4.72 Å². The standard InChI is InChI=1S/C23H21ClN4O5S2/c1-13(2)12-25-15-5-8-17-18(11-15)26-23(31)28(22(17)30)16-6-3-14(4-7-16)21(29)27-35(32,33)20-10-9-19(24)34-20/h3-11,13,25H,12H2,1-2H3,(H,26,31)(H,27,29). The van der Waals surface area contributed by atoms with Crippen LogP contribution >= 0.6 is 22.9 Å². The second-order valence-electron chi connectivity index (χ2n) is 8.15. The van der Waals surface area contributed by atoms with Crippen LogP contribution in [0.3, 0.4) is 0 Å². The molecule has 0 radical (unpaired) electrons. The van der Waals surface area contributed by atoms with Gasteiger partial charge in [0.05, 0.1) is 20.9 Å². The molecule has 182 valence electrons. The van der Waals surface area contributed by atoms with Crippen molar-refractivity contribution in [3.63, 3.8) is 0 Å². The third-order valence-corrected chi connectivity index (χ3v) is 8.09. The molecular formula is C23H21ClN4O5S2. The number of benzene rings is 2. The topological polar surface area (TPSA) is 130 Å². The van der Waals surface area contributed by atoms with Gasteiger partial charge in [-0.3, -0.25) is 9.59 Å². The molecule has 0 atom stereocenters. The zero-order chi connectivity index (χ0) is 25.3. The number of hydrogen-bond donors (Lipinski definition) is 3. The van der Waals surface area contributed by atoms with Crippen molar-refractivity contribution in [1.82, 2.24) is 14.3 Å². The van der Waals surface area contributed by atoms with Gasteiger partial charge in [0.15, 0.2) is 0 Å². The van der Waals surface area contributed by atoms with Crippen LogP contribution in [0, 0.1) is 5.92 Å². The lowest BCUT2D eigenvalue weighted by molar-refractivity contribution is 0.0981. The maximum absolute atomic E-state index is 13.0. The molecule has 12 heteroatoms. The summed E-state index contributed by atoms with van der Waals surface area (Å²) >= 11 is 6.60. The van der Waals surface area contributed by atoms with Gasteiger partial charge in [-0.25, -0.2) is 22.5 Å². The summed E-state index contributed by atoms with van der Waals surface area (Å²) in [5, 5.41) is 3.57. The van der Waals surface area contributed by atoms with E-state index in [0.717, 1.165) is 28.1 Å². The Labute approximate surface area is 209 Å². The number of nitrogens with one attached hydrogen (secondary N) is 3. The first-order valence-electron chi connectivity index (χ1n) is 10.5. The van der Waals surface area contributed by atoms with Crippen LogP contribution in [-0.4, -0.2) is 30.4 Å². The van der Waals surface area contributed by atoms with Gasteiger partial charge >= 0.3 is 5.69 Å². The molecule has 3 N–H and O–H groups in total. The van der Waals surface area contributed by atoms with Crippen molar-refractivity contribution in [2.45, 2.75) is 18.1 Å². The molecule has 2 heterocycles. The number of amides is 1. The number of thiophene rings is 1. The van der Waals surface area contributed by atoms with Gasteiger partial charge in [0.1, 0.15) is 4.21 Å². The molecule has 2 aromatic heterocycles. The van der Waals surface area contributed by atoms with Crippen molar-refractivity contribution in [3.8, 4) is 5.69 Å². The number of nitrogens with zero attached hydrogens (tertiary/aromatic N) is 1. The lowest BCUT2D eigenvalue weighted by Gasteiger charge is -2.11. The van der Waals surface area contributed by atoms with Gasteiger partial charge in [-0.15, -0.1) is 11.3 Å². The smallest absolute Gasteiger partial charge is 0.333 e. The molecule has 35 heavy (non-hydrogen) atoms. The second-order valence-corrected chi connectivity index (χ2v) is 11.8. The number of aromatic nitrogens is 2. The van der Waals surface area contributed by atoms with E-state index in [1.54, 1.807) is 18.2 Å². The molecule has 0 saturated heterocycles. The molecule has 0 fully saturated rings. The highest BCUT2D eigenvalue weighted by atomic mass is 35.5. The lowest BCUT2D eigenvalue weighted by Crippen LogP contribution is -2.33. The molecule has 2 aromatic carbocycles. The Bertz CT molecular complexity index is 1640. The molecule has 9 nitrogen and oxygen atoms in total. The summed E-state index contributed by atoms with van der Waals surface area (Å²) in [5.41, 5.74) is 0.288. The van der Waals surface area contributed by atoms with E-state index in [9.17, 15) is 22.8 Å².